The topological polar surface area (TPSA) is 48.0 Å². The summed E-state index contributed by atoms with van der Waals surface area (Å²) in [4.78, 5) is 15.1. The van der Waals surface area contributed by atoms with Gasteiger partial charge in [-0.2, -0.15) is 0 Å². The van der Waals surface area contributed by atoms with E-state index in [1.807, 2.05) is 53.4 Å². The molecule has 2 heterocycles. The largest absolute Gasteiger partial charge is 0.488 e. The molecular formula is C22H24ClNO4. The zero-order valence-electron chi connectivity index (χ0n) is 15.7. The number of amides is 1. The number of halogens is 1. The third-order valence-corrected chi connectivity index (χ3v) is 5.45. The van der Waals surface area contributed by atoms with Crippen molar-refractivity contribution in [3.05, 3.63) is 64.7 Å². The van der Waals surface area contributed by atoms with E-state index in [1.54, 1.807) is 0 Å². The fraction of sp³-hybridized carbons (Fsp3) is 0.409. The molecular weight excluding hydrogens is 378 g/mol. The number of piperidine rings is 1. The van der Waals surface area contributed by atoms with Gasteiger partial charge in [-0.3, -0.25) is 4.79 Å². The predicted octanol–water partition coefficient (Wildman–Crippen LogP) is 4.14. The third kappa shape index (κ3) is 4.49. The summed E-state index contributed by atoms with van der Waals surface area (Å²) in [6.45, 7) is 3.05. The smallest absolute Gasteiger partial charge is 0.257 e. The van der Waals surface area contributed by atoms with E-state index in [9.17, 15) is 4.79 Å². The van der Waals surface area contributed by atoms with Gasteiger partial charge in [-0.05, 0) is 42.7 Å². The van der Waals surface area contributed by atoms with Crippen molar-refractivity contribution in [2.24, 2.45) is 5.92 Å². The molecule has 5 nitrogen and oxygen atoms in total. The van der Waals surface area contributed by atoms with Crippen molar-refractivity contribution in [1.29, 1.82) is 0 Å². The van der Waals surface area contributed by atoms with Gasteiger partial charge in [0.1, 0.15) is 12.4 Å². The van der Waals surface area contributed by atoms with E-state index in [2.05, 4.69) is 0 Å². The van der Waals surface area contributed by atoms with Gasteiger partial charge in [-0.1, -0.05) is 35.9 Å². The highest BCUT2D eigenvalue weighted by Crippen LogP contribution is 2.28. The highest BCUT2D eigenvalue weighted by atomic mass is 35.5. The minimum Gasteiger partial charge on any atom is -0.488 e. The van der Waals surface area contributed by atoms with Gasteiger partial charge in [-0.15, -0.1) is 0 Å². The van der Waals surface area contributed by atoms with Crippen LogP contribution in [-0.2, 0) is 16.1 Å². The van der Waals surface area contributed by atoms with E-state index in [-0.39, 0.29) is 18.1 Å². The molecule has 0 N–H and O–H groups in total. The van der Waals surface area contributed by atoms with Crippen molar-refractivity contribution in [3.8, 4) is 5.75 Å². The van der Waals surface area contributed by atoms with Gasteiger partial charge < -0.3 is 19.1 Å². The van der Waals surface area contributed by atoms with Crippen LogP contribution in [0, 0.1) is 5.92 Å². The van der Waals surface area contributed by atoms with Crippen LogP contribution >= 0.6 is 11.6 Å². The van der Waals surface area contributed by atoms with Crippen LogP contribution in [0.25, 0.3) is 0 Å². The van der Waals surface area contributed by atoms with Crippen LogP contribution in [0.2, 0.25) is 5.02 Å². The average Bonchev–Trinajstić information content (AvgIpc) is 3.28. The van der Waals surface area contributed by atoms with E-state index in [0.29, 0.717) is 42.7 Å². The Kier molecular flexibility index (Phi) is 6.15. The van der Waals surface area contributed by atoms with Gasteiger partial charge in [0.2, 0.25) is 0 Å². The Morgan fingerprint density at radius 1 is 1.11 bits per heavy atom. The Morgan fingerprint density at radius 3 is 2.64 bits per heavy atom. The molecule has 2 fully saturated rings. The summed E-state index contributed by atoms with van der Waals surface area (Å²) in [6.07, 6.45) is 1.78. The number of carbonyl (C=O) groups excluding carboxylic acids is 1. The van der Waals surface area contributed by atoms with Crippen LogP contribution in [0.1, 0.15) is 28.8 Å². The normalized spacial score (nSPS) is 20.3. The van der Waals surface area contributed by atoms with E-state index in [1.165, 1.54) is 0 Å². The average molecular weight is 402 g/mol. The molecule has 2 aromatic rings. The van der Waals surface area contributed by atoms with Crippen LogP contribution < -0.4 is 4.74 Å². The molecule has 2 saturated heterocycles. The van der Waals surface area contributed by atoms with Gasteiger partial charge in [0.25, 0.3) is 5.91 Å². The lowest BCUT2D eigenvalue weighted by Crippen LogP contribution is -2.43. The lowest BCUT2D eigenvalue weighted by molar-refractivity contribution is -0.0969. The Balaban J connectivity index is 1.44. The van der Waals surface area contributed by atoms with Crippen molar-refractivity contribution >= 4 is 17.5 Å². The predicted molar refractivity (Wildman–Crippen MR) is 107 cm³/mol. The third-order valence-electron chi connectivity index (χ3n) is 5.20. The van der Waals surface area contributed by atoms with Crippen LogP contribution in [-0.4, -0.2) is 43.4 Å². The molecule has 0 aromatic heterocycles. The monoisotopic (exact) mass is 401 g/mol. The lowest BCUT2D eigenvalue weighted by atomic mass is 9.96. The van der Waals surface area contributed by atoms with Crippen molar-refractivity contribution in [2.75, 3.05) is 26.3 Å². The van der Waals surface area contributed by atoms with Crippen molar-refractivity contribution in [3.63, 3.8) is 0 Å². The molecule has 4 rings (SSSR count). The fourth-order valence-electron chi connectivity index (χ4n) is 3.75. The number of likely N-dealkylation sites (tertiary alicyclic amines) is 1. The van der Waals surface area contributed by atoms with E-state index in [4.69, 9.17) is 25.8 Å². The second-order valence-electron chi connectivity index (χ2n) is 7.17. The van der Waals surface area contributed by atoms with E-state index < -0.39 is 0 Å². The molecule has 148 valence electrons. The summed E-state index contributed by atoms with van der Waals surface area (Å²) in [6, 6.07) is 14.9. The standard InChI is InChI=1S/C22H24ClNO4/c23-18-9-7-16(8-10-18)15-28-20-6-2-1-5-19(20)21(25)24-11-3-4-17(14-24)22-26-12-13-27-22/h1-2,5-10,17,22H,3-4,11-15H2. The van der Waals surface area contributed by atoms with E-state index in [0.717, 1.165) is 24.9 Å². The first-order chi connectivity index (χ1) is 13.7. The molecule has 2 aliphatic heterocycles. The molecule has 1 amide bonds. The second-order valence-corrected chi connectivity index (χ2v) is 7.61. The van der Waals surface area contributed by atoms with Crippen LogP contribution in [0.4, 0.5) is 0 Å². The minimum absolute atomic E-state index is 0.00518. The molecule has 0 saturated carbocycles. The number of nitrogens with zero attached hydrogens (tertiary/aromatic N) is 1. The molecule has 0 radical (unpaired) electrons. The van der Waals surface area contributed by atoms with Crippen LogP contribution in [0.15, 0.2) is 48.5 Å². The van der Waals surface area contributed by atoms with Crippen LogP contribution in [0.5, 0.6) is 5.75 Å². The molecule has 28 heavy (non-hydrogen) atoms. The molecule has 1 atom stereocenters. The van der Waals surface area contributed by atoms with Gasteiger partial charge in [0, 0.05) is 24.0 Å². The maximum absolute atomic E-state index is 13.2. The molecule has 6 heteroatoms. The highest BCUT2D eigenvalue weighted by molar-refractivity contribution is 6.30. The second kappa shape index (κ2) is 8.95. The Morgan fingerprint density at radius 2 is 1.86 bits per heavy atom. The number of rotatable bonds is 5. The summed E-state index contributed by atoms with van der Waals surface area (Å²) in [5.41, 5.74) is 1.59. The minimum atomic E-state index is -0.188. The first-order valence-electron chi connectivity index (χ1n) is 9.69. The quantitative estimate of drug-likeness (QED) is 0.755. The first kappa shape index (κ1) is 19.2. The number of ether oxygens (including phenoxy) is 3. The molecule has 2 aromatic carbocycles. The molecule has 0 bridgehead atoms. The Hall–Kier alpha value is -2.08. The maximum atomic E-state index is 13.2. The summed E-state index contributed by atoms with van der Waals surface area (Å²) in [5.74, 6) is 0.815. The van der Waals surface area contributed by atoms with Gasteiger partial charge in [0.05, 0.1) is 18.8 Å². The number of hydrogen-bond donors (Lipinski definition) is 0. The Labute approximate surface area is 170 Å². The summed E-state index contributed by atoms with van der Waals surface area (Å²) in [5, 5.41) is 0.689. The number of benzene rings is 2. The highest BCUT2D eigenvalue weighted by Gasteiger charge is 2.33. The zero-order chi connectivity index (χ0) is 19.3. The fourth-order valence-corrected chi connectivity index (χ4v) is 3.87. The molecule has 0 aliphatic carbocycles. The van der Waals surface area contributed by atoms with Gasteiger partial charge in [0.15, 0.2) is 6.29 Å². The van der Waals surface area contributed by atoms with E-state index >= 15 is 0 Å². The molecule has 1 unspecified atom stereocenters. The SMILES string of the molecule is O=C(c1ccccc1OCc1ccc(Cl)cc1)N1CCCC(C2OCCO2)C1. The Bertz CT molecular complexity index is 804. The van der Waals surface area contributed by atoms with Crippen molar-refractivity contribution in [1.82, 2.24) is 4.90 Å². The summed E-state index contributed by atoms with van der Waals surface area (Å²) in [7, 11) is 0. The first-order valence-corrected chi connectivity index (χ1v) is 10.1. The zero-order valence-corrected chi connectivity index (χ0v) is 16.4. The number of para-hydroxylation sites is 1. The van der Waals surface area contributed by atoms with Crippen LogP contribution in [0.3, 0.4) is 0 Å². The summed E-state index contributed by atoms with van der Waals surface area (Å²) >= 11 is 5.93. The maximum Gasteiger partial charge on any atom is 0.257 e. The van der Waals surface area contributed by atoms with Gasteiger partial charge in [-0.25, -0.2) is 0 Å². The van der Waals surface area contributed by atoms with Crippen molar-refractivity contribution < 1.29 is 19.0 Å². The van der Waals surface area contributed by atoms with Crippen molar-refractivity contribution in [2.45, 2.75) is 25.7 Å². The number of hydrogen-bond acceptors (Lipinski definition) is 4. The molecule has 0 spiro atoms. The number of carbonyl (C=O) groups is 1. The summed E-state index contributed by atoms with van der Waals surface area (Å²) < 4.78 is 17.3. The van der Waals surface area contributed by atoms with Gasteiger partial charge >= 0.3 is 0 Å². The molecule has 2 aliphatic rings. The lowest BCUT2D eigenvalue weighted by Gasteiger charge is -2.35.